The minimum absolute atomic E-state index is 0. The van der Waals surface area contributed by atoms with Gasteiger partial charge in [-0.3, -0.25) is 0 Å². The summed E-state index contributed by atoms with van der Waals surface area (Å²) in [6, 6.07) is 17.1. The zero-order valence-electron chi connectivity index (χ0n) is 7.53. The largest absolute Gasteiger partial charge is 0.135 e. The average Bonchev–Trinajstić information content (AvgIpc) is 2.56. The molecule has 0 nitrogen and oxygen atoms in total. The fourth-order valence-electron chi connectivity index (χ4n) is 1.67. The van der Waals surface area contributed by atoms with E-state index in [-0.39, 0.29) is 17.6 Å². The van der Waals surface area contributed by atoms with E-state index in [1.54, 1.807) is 0 Å². The third-order valence-electron chi connectivity index (χ3n) is 2.28. The first-order valence-corrected chi connectivity index (χ1v) is 5.13. The van der Waals surface area contributed by atoms with Gasteiger partial charge in [-0.1, -0.05) is 36.4 Å². The molecule has 0 aliphatic carbocycles. The molecule has 0 aliphatic rings. The summed E-state index contributed by atoms with van der Waals surface area (Å²) in [5.74, 6) is 0. The van der Waals surface area contributed by atoms with Crippen molar-refractivity contribution >= 4 is 49.1 Å². The first kappa shape index (κ1) is 9.75. The molecule has 3 rings (SSSR count). The Balaban J connectivity index is 0.000000750. The first-order chi connectivity index (χ1) is 6.45. The summed E-state index contributed by atoms with van der Waals surface area (Å²) in [6.45, 7) is 0. The van der Waals surface area contributed by atoms with Crippen molar-refractivity contribution in [1.29, 1.82) is 0 Å². The maximum Gasteiger partial charge on any atom is 0.0355 e. The molecule has 0 saturated carbocycles. The molecule has 3 aromatic rings. The molecule has 2 aromatic carbocycles. The van der Waals surface area contributed by atoms with E-state index in [0.717, 1.165) is 0 Å². The number of fused-ring (bicyclic) bond motifs is 3. The molecule has 1 aromatic heterocycles. The van der Waals surface area contributed by atoms with Crippen LogP contribution >= 0.6 is 11.3 Å². The molecule has 1 heterocycles. The summed E-state index contributed by atoms with van der Waals surface area (Å²) in [4.78, 5) is 0. The summed E-state index contributed by atoms with van der Waals surface area (Å²) in [5, 5.41) is 2.76. The molecule has 0 bridgehead atoms. The zero-order valence-corrected chi connectivity index (χ0v) is 10.4. The van der Waals surface area contributed by atoms with Gasteiger partial charge < -0.3 is 0 Å². The van der Waals surface area contributed by atoms with Crippen molar-refractivity contribution in [3.05, 3.63) is 48.5 Å². The van der Waals surface area contributed by atoms with Crippen LogP contribution in [0.3, 0.4) is 0 Å². The smallest absolute Gasteiger partial charge is 0.0355 e. The predicted octanol–water partition coefficient (Wildman–Crippen LogP) is 3.67. The van der Waals surface area contributed by atoms with Crippen LogP contribution in [0.15, 0.2) is 48.5 Å². The van der Waals surface area contributed by atoms with Gasteiger partial charge in [0.05, 0.1) is 0 Å². The minimum atomic E-state index is 0. The van der Waals surface area contributed by atoms with Gasteiger partial charge in [0.25, 0.3) is 0 Å². The summed E-state index contributed by atoms with van der Waals surface area (Å²) in [5.41, 5.74) is 0. The molecule has 0 N–H and O–H groups in total. The van der Waals surface area contributed by atoms with Gasteiger partial charge in [0.15, 0.2) is 0 Å². The van der Waals surface area contributed by atoms with Gasteiger partial charge in [0.2, 0.25) is 0 Å². The third-order valence-corrected chi connectivity index (χ3v) is 3.44. The van der Waals surface area contributed by atoms with E-state index in [0.29, 0.717) is 0 Å². The van der Waals surface area contributed by atoms with Gasteiger partial charge in [-0.2, -0.15) is 0 Å². The van der Waals surface area contributed by atoms with Crippen molar-refractivity contribution < 1.29 is 0 Å². The average molecular weight is 257 g/mol. The molecule has 0 aliphatic heterocycles. The SMILES string of the molecule is [Ge].c1ccc2c(c1)sc1ccccc12. The van der Waals surface area contributed by atoms with Crippen LogP contribution in [0.2, 0.25) is 0 Å². The Kier molecular flexibility index (Phi) is 2.61. The summed E-state index contributed by atoms with van der Waals surface area (Å²) < 4.78 is 2.76. The summed E-state index contributed by atoms with van der Waals surface area (Å²) in [6.07, 6.45) is 0. The first-order valence-electron chi connectivity index (χ1n) is 4.31. The molecule has 0 unspecified atom stereocenters. The minimum Gasteiger partial charge on any atom is -0.135 e. The molecule has 14 heavy (non-hydrogen) atoms. The van der Waals surface area contributed by atoms with E-state index in [4.69, 9.17) is 0 Å². The van der Waals surface area contributed by atoms with Crippen LogP contribution in [0, 0.1) is 0 Å². The normalized spacial score (nSPS) is 10.3. The molecule has 4 radical (unpaired) electrons. The Labute approximate surface area is 97.5 Å². The van der Waals surface area contributed by atoms with Crippen LogP contribution < -0.4 is 0 Å². The van der Waals surface area contributed by atoms with Crippen LogP contribution in [-0.4, -0.2) is 17.6 Å². The van der Waals surface area contributed by atoms with Gasteiger partial charge in [-0.25, -0.2) is 0 Å². The van der Waals surface area contributed by atoms with E-state index < -0.39 is 0 Å². The van der Waals surface area contributed by atoms with Crippen LogP contribution in [0.5, 0.6) is 0 Å². The Hall–Kier alpha value is -0.797. The molecule has 66 valence electrons. The molecular formula is C12H8GeS. The number of thiophene rings is 1. The quantitative estimate of drug-likeness (QED) is 0.539. The maximum atomic E-state index is 2.19. The van der Waals surface area contributed by atoms with Crippen molar-refractivity contribution in [1.82, 2.24) is 0 Å². The van der Waals surface area contributed by atoms with E-state index in [1.807, 2.05) is 11.3 Å². The van der Waals surface area contributed by atoms with Crippen LogP contribution in [0.25, 0.3) is 20.2 Å². The molecule has 2 heteroatoms. The van der Waals surface area contributed by atoms with Crippen molar-refractivity contribution in [2.45, 2.75) is 0 Å². The fraction of sp³-hybridized carbons (Fsp3) is 0. The van der Waals surface area contributed by atoms with E-state index in [2.05, 4.69) is 48.5 Å². The fourth-order valence-corrected chi connectivity index (χ4v) is 2.78. The Morgan fingerprint density at radius 1 is 0.643 bits per heavy atom. The number of rotatable bonds is 0. The number of hydrogen-bond acceptors (Lipinski definition) is 1. The Morgan fingerprint density at radius 2 is 1.07 bits per heavy atom. The van der Waals surface area contributed by atoms with E-state index in [1.165, 1.54) is 20.2 Å². The van der Waals surface area contributed by atoms with Crippen LogP contribution in [-0.2, 0) is 0 Å². The zero-order chi connectivity index (χ0) is 8.67. The standard InChI is InChI=1S/C12H8S.Ge/c1-3-7-11-9(5-1)10-6-2-4-8-12(10)13-11;/h1-8H;. The third kappa shape index (κ3) is 1.37. The van der Waals surface area contributed by atoms with Gasteiger partial charge in [-0.05, 0) is 12.1 Å². The van der Waals surface area contributed by atoms with Crippen LogP contribution in [0.1, 0.15) is 0 Å². The van der Waals surface area contributed by atoms with Crippen molar-refractivity contribution in [2.75, 3.05) is 0 Å². The van der Waals surface area contributed by atoms with E-state index in [9.17, 15) is 0 Å². The molecule has 0 atom stereocenters. The van der Waals surface area contributed by atoms with Crippen molar-refractivity contribution in [3.63, 3.8) is 0 Å². The summed E-state index contributed by atoms with van der Waals surface area (Å²) >= 11 is 1.86. The maximum absolute atomic E-state index is 2.19. The molecule has 0 saturated heterocycles. The second-order valence-corrected chi connectivity index (χ2v) is 4.18. The molecular weight excluding hydrogens is 249 g/mol. The monoisotopic (exact) mass is 258 g/mol. The number of benzene rings is 2. The number of hydrogen-bond donors (Lipinski definition) is 0. The van der Waals surface area contributed by atoms with E-state index >= 15 is 0 Å². The van der Waals surface area contributed by atoms with Gasteiger partial charge in [0.1, 0.15) is 0 Å². The van der Waals surface area contributed by atoms with Crippen LogP contribution in [0.4, 0.5) is 0 Å². The van der Waals surface area contributed by atoms with Crippen molar-refractivity contribution in [3.8, 4) is 0 Å². The Morgan fingerprint density at radius 3 is 1.57 bits per heavy atom. The van der Waals surface area contributed by atoms with Crippen molar-refractivity contribution in [2.24, 2.45) is 0 Å². The molecule has 0 fully saturated rings. The molecule has 0 amide bonds. The predicted molar refractivity (Wildman–Crippen MR) is 65.1 cm³/mol. The second-order valence-electron chi connectivity index (χ2n) is 3.09. The summed E-state index contributed by atoms with van der Waals surface area (Å²) in [7, 11) is 0. The molecule has 0 spiro atoms. The van der Waals surface area contributed by atoms with Gasteiger partial charge >= 0.3 is 0 Å². The Bertz CT molecular complexity index is 518. The van der Waals surface area contributed by atoms with Gasteiger partial charge in [-0.15, -0.1) is 11.3 Å². The second kappa shape index (κ2) is 3.75. The topological polar surface area (TPSA) is 0 Å². The van der Waals surface area contributed by atoms with Gasteiger partial charge in [0, 0.05) is 37.8 Å².